The molecule has 0 radical (unpaired) electrons. The highest BCUT2D eigenvalue weighted by atomic mass is 35.5. The zero-order valence-corrected chi connectivity index (χ0v) is 12.2. The lowest BCUT2D eigenvalue weighted by Gasteiger charge is -2.06. The van der Waals surface area contributed by atoms with E-state index in [9.17, 15) is 4.79 Å². The Morgan fingerprint density at radius 3 is 2.65 bits per heavy atom. The maximum absolute atomic E-state index is 12.0. The number of anilines is 1. The van der Waals surface area contributed by atoms with Gasteiger partial charge in [0.2, 0.25) is 0 Å². The third-order valence-electron chi connectivity index (χ3n) is 2.99. The van der Waals surface area contributed by atoms with Crippen molar-refractivity contribution in [3.05, 3.63) is 58.9 Å². The average Bonchev–Trinajstić information content (AvgIpc) is 2.46. The number of amides is 1. The number of pyridine rings is 1. The maximum Gasteiger partial charge on any atom is 0.274 e. The monoisotopic (exact) mass is 288 g/mol. The molecular weight excluding hydrogens is 272 g/mol. The molecule has 1 heterocycles. The van der Waals surface area contributed by atoms with Crippen molar-refractivity contribution in [2.45, 2.75) is 26.2 Å². The van der Waals surface area contributed by atoms with Gasteiger partial charge in [-0.15, -0.1) is 0 Å². The molecule has 20 heavy (non-hydrogen) atoms. The molecule has 2 rings (SSSR count). The Morgan fingerprint density at radius 1 is 1.25 bits per heavy atom. The Hall–Kier alpha value is -1.87. The summed E-state index contributed by atoms with van der Waals surface area (Å²) in [5.41, 5.74) is 2.36. The molecule has 0 saturated carbocycles. The number of carbonyl (C=O) groups excluding carboxylic acids is 1. The van der Waals surface area contributed by atoms with E-state index in [1.807, 2.05) is 24.3 Å². The lowest BCUT2D eigenvalue weighted by Crippen LogP contribution is -2.13. The average molecular weight is 289 g/mol. The van der Waals surface area contributed by atoms with Gasteiger partial charge in [0.1, 0.15) is 5.69 Å². The number of hydrogen-bond donors (Lipinski definition) is 1. The van der Waals surface area contributed by atoms with Crippen LogP contribution < -0.4 is 5.32 Å². The van der Waals surface area contributed by atoms with E-state index in [1.165, 1.54) is 24.6 Å². The van der Waals surface area contributed by atoms with Gasteiger partial charge in [-0.25, -0.2) is 0 Å². The van der Waals surface area contributed by atoms with Crippen molar-refractivity contribution in [1.82, 2.24) is 4.98 Å². The summed E-state index contributed by atoms with van der Waals surface area (Å²) in [7, 11) is 0. The van der Waals surface area contributed by atoms with Crippen molar-refractivity contribution in [2.24, 2.45) is 0 Å². The number of aryl methyl sites for hydroxylation is 1. The van der Waals surface area contributed by atoms with Gasteiger partial charge in [0.15, 0.2) is 0 Å². The second-order valence-corrected chi connectivity index (χ2v) is 5.05. The van der Waals surface area contributed by atoms with E-state index in [-0.39, 0.29) is 5.91 Å². The minimum absolute atomic E-state index is 0.256. The Morgan fingerprint density at radius 2 is 2.00 bits per heavy atom. The molecule has 1 amide bonds. The summed E-state index contributed by atoms with van der Waals surface area (Å²) >= 11 is 5.84. The van der Waals surface area contributed by atoms with Crippen LogP contribution in [-0.2, 0) is 6.42 Å². The Labute approximate surface area is 124 Å². The van der Waals surface area contributed by atoms with Crippen LogP contribution in [0.4, 0.5) is 5.69 Å². The van der Waals surface area contributed by atoms with E-state index < -0.39 is 0 Å². The highest BCUT2D eigenvalue weighted by Gasteiger charge is 2.07. The van der Waals surface area contributed by atoms with Crippen LogP contribution in [0, 0.1) is 0 Å². The van der Waals surface area contributed by atoms with E-state index in [0.29, 0.717) is 10.7 Å². The Balaban J connectivity index is 2.01. The third kappa shape index (κ3) is 4.07. The molecule has 0 atom stereocenters. The summed E-state index contributed by atoms with van der Waals surface area (Å²) in [5, 5.41) is 3.31. The summed E-state index contributed by atoms with van der Waals surface area (Å²) in [6.07, 6.45) is 4.95. The van der Waals surface area contributed by atoms with Crippen LogP contribution in [0.25, 0.3) is 0 Å². The molecule has 0 spiro atoms. The van der Waals surface area contributed by atoms with Crippen molar-refractivity contribution in [3.63, 3.8) is 0 Å². The summed E-state index contributed by atoms with van der Waals surface area (Å²) in [6, 6.07) is 11.1. The molecule has 3 nitrogen and oxygen atoms in total. The predicted molar refractivity (Wildman–Crippen MR) is 82.3 cm³/mol. The molecule has 1 N–H and O–H groups in total. The van der Waals surface area contributed by atoms with Gasteiger partial charge < -0.3 is 5.32 Å². The van der Waals surface area contributed by atoms with E-state index in [4.69, 9.17) is 11.6 Å². The molecule has 0 unspecified atom stereocenters. The second kappa shape index (κ2) is 7.06. The molecule has 0 bridgehead atoms. The fraction of sp³-hybridized carbons (Fsp3) is 0.250. The maximum atomic E-state index is 12.0. The van der Waals surface area contributed by atoms with E-state index in [0.717, 1.165) is 12.1 Å². The largest absolute Gasteiger partial charge is 0.321 e. The van der Waals surface area contributed by atoms with Gasteiger partial charge in [-0.3, -0.25) is 9.78 Å². The fourth-order valence-electron chi connectivity index (χ4n) is 1.86. The lowest BCUT2D eigenvalue weighted by atomic mass is 10.1. The van der Waals surface area contributed by atoms with Gasteiger partial charge >= 0.3 is 0 Å². The number of nitrogens with zero attached hydrogens (tertiary/aromatic N) is 1. The molecule has 0 aliphatic heterocycles. The van der Waals surface area contributed by atoms with E-state index in [1.54, 1.807) is 12.1 Å². The minimum Gasteiger partial charge on any atom is -0.321 e. The first-order chi connectivity index (χ1) is 9.69. The standard InChI is InChI=1S/C16H17ClN2O/c1-2-3-4-12-5-7-14(8-6-12)19-16(20)15-11-13(17)9-10-18-15/h5-11H,2-4H2,1H3,(H,19,20). The van der Waals surface area contributed by atoms with Crippen LogP contribution in [0.3, 0.4) is 0 Å². The number of rotatable bonds is 5. The van der Waals surface area contributed by atoms with Gasteiger partial charge in [-0.1, -0.05) is 37.1 Å². The quantitative estimate of drug-likeness (QED) is 0.890. The molecule has 1 aromatic heterocycles. The molecule has 104 valence electrons. The van der Waals surface area contributed by atoms with E-state index in [2.05, 4.69) is 17.2 Å². The molecule has 0 fully saturated rings. The third-order valence-corrected chi connectivity index (χ3v) is 3.22. The van der Waals surface area contributed by atoms with Gasteiger partial charge in [0.25, 0.3) is 5.91 Å². The molecule has 4 heteroatoms. The van der Waals surface area contributed by atoms with Gasteiger partial charge in [-0.05, 0) is 42.7 Å². The van der Waals surface area contributed by atoms with Crippen LogP contribution in [-0.4, -0.2) is 10.9 Å². The summed E-state index contributed by atoms with van der Waals surface area (Å²) in [4.78, 5) is 16.0. The van der Waals surface area contributed by atoms with Gasteiger partial charge in [0, 0.05) is 16.9 Å². The van der Waals surface area contributed by atoms with Crippen molar-refractivity contribution in [3.8, 4) is 0 Å². The topological polar surface area (TPSA) is 42.0 Å². The molecule has 1 aromatic carbocycles. The Bertz CT molecular complexity index is 581. The first-order valence-electron chi connectivity index (χ1n) is 6.71. The smallest absolute Gasteiger partial charge is 0.274 e. The number of halogens is 1. The van der Waals surface area contributed by atoms with Gasteiger partial charge in [-0.2, -0.15) is 0 Å². The fourth-order valence-corrected chi connectivity index (χ4v) is 2.02. The summed E-state index contributed by atoms with van der Waals surface area (Å²) in [6.45, 7) is 2.17. The minimum atomic E-state index is -0.256. The lowest BCUT2D eigenvalue weighted by molar-refractivity contribution is 0.102. The number of aromatic nitrogens is 1. The number of hydrogen-bond acceptors (Lipinski definition) is 2. The Kier molecular flexibility index (Phi) is 5.13. The molecule has 0 aliphatic carbocycles. The zero-order chi connectivity index (χ0) is 14.4. The van der Waals surface area contributed by atoms with E-state index >= 15 is 0 Å². The highest BCUT2D eigenvalue weighted by molar-refractivity contribution is 6.30. The van der Waals surface area contributed by atoms with Crippen molar-refractivity contribution >= 4 is 23.2 Å². The molecule has 0 aliphatic rings. The highest BCUT2D eigenvalue weighted by Crippen LogP contribution is 2.14. The molecular formula is C16H17ClN2O. The van der Waals surface area contributed by atoms with Crippen LogP contribution in [0.1, 0.15) is 35.8 Å². The summed E-state index contributed by atoms with van der Waals surface area (Å²) in [5.74, 6) is -0.256. The number of carbonyl (C=O) groups is 1. The first-order valence-corrected chi connectivity index (χ1v) is 7.08. The van der Waals surface area contributed by atoms with Crippen LogP contribution >= 0.6 is 11.6 Å². The number of unbranched alkanes of at least 4 members (excludes halogenated alkanes) is 1. The number of benzene rings is 1. The van der Waals surface area contributed by atoms with Crippen LogP contribution in [0.15, 0.2) is 42.6 Å². The normalized spacial score (nSPS) is 10.3. The van der Waals surface area contributed by atoms with Crippen LogP contribution in [0.2, 0.25) is 5.02 Å². The molecule has 0 saturated heterocycles. The number of nitrogens with one attached hydrogen (secondary N) is 1. The summed E-state index contributed by atoms with van der Waals surface area (Å²) < 4.78 is 0. The van der Waals surface area contributed by atoms with Crippen LogP contribution in [0.5, 0.6) is 0 Å². The van der Waals surface area contributed by atoms with Crippen molar-refractivity contribution in [2.75, 3.05) is 5.32 Å². The SMILES string of the molecule is CCCCc1ccc(NC(=O)c2cc(Cl)ccn2)cc1. The zero-order valence-electron chi connectivity index (χ0n) is 11.4. The van der Waals surface area contributed by atoms with Gasteiger partial charge in [0.05, 0.1) is 0 Å². The predicted octanol–water partition coefficient (Wildman–Crippen LogP) is 4.33. The second-order valence-electron chi connectivity index (χ2n) is 4.61. The van der Waals surface area contributed by atoms with Crippen molar-refractivity contribution in [1.29, 1.82) is 0 Å². The first kappa shape index (κ1) is 14.5. The molecule has 2 aromatic rings. The van der Waals surface area contributed by atoms with Crippen molar-refractivity contribution < 1.29 is 4.79 Å².